The molecule has 0 aliphatic carbocycles. The topological polar surface area (TPSA) is 83.9 Å². The van der Waals surface area contributed by atoms with E-state index in [-0.39, 0.29) is 18.9 Å². The summed E-state index contributed by atoms with van der Waals surface area (Å²) in [4.78, 5) is 36.3. The number of amides is 1. The lowest BCUT2D eigenvalue weighted by Crippen LogP contribution is -2.38. The zero-order valence-electron chi connectivity index (χ0n) is 11.3. The van der Waals surface area contributed by atoms with Crippen LogP contribution in [0.4, 0.5) is 0 Å². The minimum absolute atomic E-state index is 0.0707. The fourth-order valence-corrected chi connectivity index (χ4v) is 2.81. The van der Waals surface area contributed by atoms with Crippen molar-refractivity contribution in [2.75, 3.05) is 13.7 Å². The second-order valence-corrected chi connectivity index (χ2v) is 5.46. The third-order valence-corrected chi connectivity index (χ3v) is 4.05. The number of hydrogen-bond acceptors (Lipinski definition) is 5. The summed E-state index contributed by atoms with van der Waals surface area (Å²) in [5, 5.41) is 9.02. The molecule has 110 valence electrons. The summed E-state index contributed by atoms with van der Waals surface area (Å²) in [6.07, 6.45) is 0.561. The van der Waals surface area contributed by atoms with E-state index in [1.54, 1.807) is 12.1 Å². The van der Waals surface area contributed by atoms with Crippen LogP contribution in [0.5, 0.6) is 0 Å². The maximum Gasteiger partial charge on any atom is 0.348 e. The number of carbonyl (C=O) groups excluding carboxylic acids is 2. The number of likely N-dealkylation sites (tertiary alicyclic amines) is 1. The van der Waals surface area contributed by atoms with E-state index in [0.29, 0.717) is 16.2 Å². The normalized spacial score (nSPS) is 17.3. The first kappa shape index (κ1) is 15.1. The van der Waals surface area contributed by atoms with Crippen molar-refractivity contribution in [3.63, 3.8) is 0 Å². The van der Waals surface area contributed by atoms with E-state index >= 15 is 0 Å². The number of esters is 1. The van der Waals surface area contributed by atoms with Gasteiger partial charge in [-0.2, -0.15) is 0 Å². The van der Waals surface area contributed by atoms with Crippen LogP contribution in [0.15, 0.2) is 12.1 Å². The van der Waals surface area contributed by atoms with Gasteiger partial charge in [-0.15, -0.1) is 11.3 Å². The van der Waals surface area contributed by atoms with E-state index in [4.69, 9.17) is 5.11 Å². The van der Waals surface area contributed by atoms with Crippen LogP contribution in [0, 0.1) is 11.8 Å². The highest BCUT2D eigenvalue weighted by Crippen LogP contribution is 2.19. The van der Waals surface area contributed by atoms with Crippen LogP contribution in [0.3, 0.4) is 0 Å². The van der Waals surface area contributed by atoms with Gasteiger partial charge in [0, 0.05) is 6.42 Å². The Balaban J connectivity index is 2.03. The third kappa shape index (κ3) is 3.41. The minimum atomic E-state index is -1.01. The molecule has 1 aliphatic heterocycles. The number of aliphatic carboxylic acids is 1. The summed E-state index contributed by atoms with van der Waals surface area (Å²) in [6.45, 7) is 0.0707. The first-order valence-corrected chi connectivity index (χ1v) is 7.04. The van der Waals surface area contributed by atoms with Crippen molar-refractivity contribution in [1.82, 2.24) is 4.90 Å². The molecule has 2 rings (SSSR count). The molecule has 1 amide bonds. The number of hydrogen-bond donors (Lipinski definition) is 1. The molecule has 1 N–H and O–H groups in total. The van der Waals surface area contributed by atoms with Crippen LogP contribution >= 0.6 is 11.3 Å². The number of methoxy groups -OCH3 is 1. The zero-order valence-corrected chi connectivity index (χ0v) is 12.1. The van der Waals surface area contributed by atoms with Gasteiger partial charge in [0.05, 0.1) is 18.5 Å². The largest absolute Gasteiger partial charge is 0.480 e. The number of ether oxygens (including phenoxy) is 1. The fraction of sp³-hybridized carbons (Fsp3) is 0.357. The Kier molecular flexibility index (Phi) is 4.60. The van der Waals surface area contributed by atoms with E-state index in [2.05, 4.69) is 16.6 Å². The smallest absolute Gasteiger partial charge is 0.348 e. The van der Waals surface area contributed by atoms with Gasteiger partial charge in [0.2, 0.25) is 5.91 Å². The van der Waals surface area contributed by atoms with Crippen molar-refractivity contribution >= 4 is 29.2 Å². The Morgan fingerprint density at radius 2 is 2.29 bits per heavy atom. The Labute approximate surface area is 125 Å². The highest BCUT2D eigenvalue weighted by molar-refractivity contribution is 7.14. The summed E-state index contributed by atoms with van der Waals surface area (Å²) < 4.78 is 4.59. The van der Waals surface area contributed by atoms with Gasteiger partial charge < -0.3 is 14.7 Å². The molecule has 2 heterocycles. The number of nitrogens with zero attached hydrogens (tertiary/aromatic N) is 1. The van der Waals surface area contributed by atoms with Gasteiger partial charge in [-0.25, -0.2) is 9.59 Å². The molecule has 1 aliphatic rings. The predicted molar refractivity (Wildman–Crippen MR) is 74.9 cm³/mol. The van der Waals surface area contributed by atoms with Gasteiger partial charge in [0.15, 0.2) is 0 Å². The van der Waals surface area contributed by atoms with E-state index in [0.717, 1.165) is 0 Å². The van der Waals surface area contributed by atoms with Crippen LogP contribution in [-0.2, 0) is 14.3 Å². The second-order valence-electron chi connectivity index (χ2n) is 4.37. The van der Waals surface area contributed by atoms with Crippen LogP contribution in [0.2, 0.25) is 0 Å². The van der Waals surface area contributed by atoms with Gasteiger partial charge in [-0.05, 0) is 18.6 Å². The van der Waals surface area contributed by atoms with Crippen molar-refractivity contribution in [3.8, 4) is 11.8 Å². The standard InChI is InChI=1S/C14H13NO5S/c1-20-14(19)11-6-4-9(21-11)3-2-8-15-10(13(17)18)5-7-12(15)16/h4,6,10H,5,7-8H2,1H3,(H,17,18). The van der Waals surface area contributed by atoms with E-state index in [1.807, 2.05) is 0 Å². The van der Waals surface area contributed by atoms with Gasteiger partial charge in [-0.1, -0.05) is 11.8 Å². The Morgan fingerprint density at radius 1 is 1.52 bits per heavy atom. The molecule has 0 spiro atoms. The van der Waals surface area contributed by atoms with E-state index in [1.165, 1.54) is 23.3 Å². The average molecular weight is 307 g/mol. The van der Waals surface area contributed by atoms with Gasteiger partial charge in [0.25, 0.3) is 0 Å². The number of carboxylic acids is 1. The summed E-state index contributed by atoms with van der Waals surface area (Å²) in [6, 6.07) is 2.51. The SMILES string of the molecule is COC(=O)c1ccc(C#CCN2C(=O)CCC2C(=O)O)s1. The molecule has 0 saturated carbocycles. The molecule has 7 heteroatoms. The molecule has 1 unspecified atom stereocenters. The van der Waals surface area contributed by atoms with Crippen molar-refractivity contribution in [3.05, 3.63) is 21.9 Å². The van der Waals surface area contributed by atoms with Crippen molar-refractivity contribution in [1.29, 1.82) is 0 Å². The highest BCUT2D eigenvalue weighted by atomic mass is 32.1. The number of carboxylic acid groups (broad SMARTS) is 1. The van der Waals surface area contributed by atoms with Gasteiger partial charge >= 0.3 is 11.9 Å². The molecule has 1 aromatic rings. The molecule has 1 atom stereocenters. The summed E-state index contributed by atoms with van der Waals surface area (Å²) in [5.74, 6) is 3.98. The molecule has 0 bridgehead atoms. The van der Waals surface area contributed by atoms with Crippen molar-refractivity contribution < 1.29 is 24.2 Å². The molecule has 21 heavy (non-hydrogen) atoms. The van der Waals surface area contributed by atoms with Crippen LogP contribution in [0.25, 0.3) is 0 Å². The summed E-state index contributed by atoms with van der Waals surface area (Å²) in [7, 11) is 1.30. The molecular formula is C14H13NO5S. The van der Waals surface area contributed by atoms with Gasteiger partial charge in [-0.3, -0.25) is 4.79 Å². The lowest BCUT2D eigenvalue weighted by Gasteiger charge is -2.18. The second kappa shape index (κ2) is 6.41. The third-order valence-electron chi connectivity index (χ3n) is 3.07. The number of carbonyl (C=O) groups is 3. The van der Waals surface area contributed by atoms with Crippen LogP contribution in [0.1, 0.15) is 27.4 Å². The zero-order chi connectivity index (χ0) is 15.4. The summed E-state index contributed by atoms with van der Waals surface area (Å²) >= 11 is 1.19. The first-order chi connectivity index (χ1) is 10.0. The Morgan fingerprint density at radius 3 is 2.95 bits per heavy atom. The predicted octanol–water partition coefficient (Wildman–Crippen LogP) is 0.962. The molecule has 1 aromatic heterocycles. The van der Waals surface area contributed by atoms with Gasteiger partial charge in [0.1, 0.15) is 10.9 Å². The first-order valence-electron chi connectivity index (χ1n) is 6.22. The maximum atomic E-state index is 11.6. The molecular weight excluding hydrogens is 294 g/mol. The molecule has 0 radical (unpaired) electrons. The Bertz CT molecular complexity index is 639. The number of thiophene rings is 1. The molecule has 1 saturated heterocycles. The lowest BCUT2D eigenvalue weighted by atomic mass is 10.2. The monoisotopic (exact) mass is 307 g/mol. The summed E-state index contributed by atoms with van der Waals surface area (Å²) in [5.41, 5.74) is 0. The molecule has 6 nitrogen and oxygen atoms in total. The Hall–Kier alpha value is -2.33. The van der Waals surface area contributed by atoms with Crippen LogP contribution in [-0.4, -0.2) is 47.5 Å². The number of rotatable bonds is 3. The van der Waals surface area contributed by atoms with Crippen molar-refractivity contribution in [2.45, 2.75) is 18.9 Å². The van der Waals surface area contributed by atoms with E-state index < -0.39 is 18.0 Å². The maximum absolute atomic E-state index is 11.6. The fourth-order valence-electron chi connectivity index (χ4n) is 2.02. The van der Waals surface area contributed by atoms with Crippen molar-refractivity contribution in [2.24, 2.45) is 0 Å². The quantitative estimate of drug-likeness (QED) is 0.664. The van der Waals surface area contributed by atoms with E-state index in [9.17, 15) is 14.4 Å². The molecule has 0 aromatic carbocycles. The van der Waals surface area contributed by atoms with Crippen LogP contribution < -0.4 is 0 Å². The molecule has 1 fully saturated rings. The lowest BCUT2D eigenvalue weighted by molar-refractivity contribution is -0.145. The highest BCUT2D eigenvalue weighted by Gasteiger charge is 2.35. The minimum Gasteiger partial charge on any atom is -0.480 e. The average Bonchev–Trinajstić information content (AvgIpc) is 3.06.